The second kappa shape index (κ2) is 6.52. The van der Waals surface area contributed by atoms with Crippen molar-refractivity contribution in [3.63, 3.8) is 0 Å². The van der Waals surface area contributed by atoms with Crippen molar-refractivity contribution < 1.29 is 22.8 Å². The molecule has 1 aliphatic carbocycles. The van der Waals surface area contributed by atoms with Crippen LogP contribution < -0.4 is 4.90 Å². The second-order valence-electron chi connectivity index (χ2n) is 7.55. The lowest BCUT2D eigenvalue weighted by atomic mass is 10.0. The Morgan fingerprint density at radius 1 is 1.10 bits per heavy atom. The van der Waals surface area contributed by atoms with Crippen molar-refractivity contribution in [2.45, 2.75) is 24.3 Å². The molecule has 1 spiro atoms. The van der Waals surface area contributed by atoms with Crippen LogP contribution >= 0.6 is 11.8 Å². The Kier molecular flexibility index (Phi) is 4.17. The number of hydrogen-bond acceptors (Lipinski definition) is 3. The number of carbonyl (C=O) groups excluding carboxylic acids is 2. The average Bonchev–Trinajstić information content (AvgIpc) is 3.41. The van der Waals surface area contributed by atoms with Gasteiger partial charge in [-0.05, 0) is 37.1 Å². The van der Waals surface area contributed by atoms with Crippen molar-refractivity contribution in [1.82, 2.24) is 4.90 Å². The van der Waals surface area contributed by atoms with E-state index in [0.29, 0.717) is 23.5 Å². The van der Waals surface area contributed by atoms with E-state index in [1.807, 2.05) is 0 Å². The fourth-order valence-electron chi connectivity index (χ4n) is 4.14. The third-order valence-electron chi connectivity index (χ3n) is 5.69. The third-order valence-corrected chi connectivity index (χ3v) is 7.11. The number of hydrogen-bond donors (Lipinski definition) is 0. The molecule has 0 radical (unpaired) electrons. The van der Waals surface area contributed by atoms with Gasteiger partial charge in [-0.1, -0.05) is 6.07 Å². The van der Waals surface area contributed by atoms with E-state index in [2.05, 4.69) is 0 Å². The zero-order valence-corrected chi connectivity index (χ0v) is 16.1. The molecule has 2 aliphatic heterocycles. The molecule has 4 nitrogen and oxygen atoms in total. The zero-order valence-electron chi connectivity index (χ0n) is 15.3. The minimum absolute atomic E-state index is 0.0843. The molecule has 1 saturated heterocycles. The second-order valence-corrected chi connectivity index (χ2v) is 8.83. The van der Waals surface area contributed by atoms with Crippen LogP contribution in [0.3, 0.4) is 0 Å². The number of anilines is 1. The van der Waals surface area contributed by atoms with Gasteiger partial charge in [-0.3, -0.25) is 9.59 Å². The predicted molar refractivity (Wildman–Crippen MR) is 103 cm³/mol. The topological polar surface area (TPSA) is 40.6 Å². The molecule has 1 atom stereocenters. The van der Waals surface area contributed by atoms with Gasteiger partial charge in [-0.25, -0.2) is 13.2 Å². The van der Waals surface area contributed by atoms with Gasteiger partial charge < -0.3 is 9.80 Å². The average molecular weight is 418 g/mol. The number of amides is 2. The molecule has 2 fully saturated rings. The summed E-state index contributed by atoms with van der Waals surface area (Å²) in [6, 6.07) is 7.21. The molecule has 1 unspecified atom stereocenters. The quantitative estimate of drug-likeness (QED) is 0.762. The molecule has 0 bridgehead atoms. The van der Waals surface area contributed by atoms with Gasteiger partial charge >= 0.3 is 0 Å². The molecule has 29 heavy (non-hydrogen) atoms. The number of carbonyl (C=O) groups is 2. The van der Waals surface area contributed by atoms with Crippen molar-refractivity contribution in [2.24, 2.45) is 5.92 Å². The molecule has 8 heteroatoms. The molecule has 3 aliphatic rings. The SMILES string of the molecule is O=C(C1CC1)N1CCSC12C(=O)N(Cc1ccc(F)cc1F)c1ccc(F)cc12. The molecule has 2 heterocycles. The van der Waals surface area contributed by atoms with E-state index in [9.17, 15) is 22.8 Å². The van der Waals surface area contributed by atoms with Crippen molar-refractivity contribution in [3.05, 3.63) is 65.0 Å². The summed E-state index contributed by atoms with van der Waals surface area (Å²) in [5.74, 6) is -1.97. The monoisotopic (exact) mass is 418 g/mol. The first-order valence-electron chi connectivity index (χ1n) is 9.43. The van der Waals surface area contributed by atoms with E-state index in [1.54, 1.807) is 4.90 Å². The lowest BCUT2D eigenvalue weighted by molar-refractivity contribution is -0.141. The largest absolute Gasteiger partial charge is 0.315 e. The van der Waals surface area contributed by atoms with Gasteiger partial charge in [0.15, 0.2) is 4.87 Å². The summed E-state index contributed by atoms with van der Waals surface area (Å²) < 4.78 is 41.7. The first-order chi connectivity index (χ1) is 13.9. The van der Waals surface area contributed by atoms with E-state index in [1.165, 1.54) is 40.9 Å². The highest BCUT2D eigenvalue weighted by Crippen LogP contribution is 2.55. The van der Waals surface area contributed by atoms with Gasteiger partial charge in [0, 0.05) is 35.4 Å². The fourth-order valence-corrected chi connectivity index (χ4v) is 5.60. The van der Waals surface area contributed by atoms with Crippen LogP contribution in [0.4, 0.5) is 18.9 Å². The lowest BCUT2D eigenvalue weighted by Crippen LogP contribution is -2.50. The fraction of sp³-hybridized carbons (Fsp3) is 0.333. The third kappa shape index (κ3) is 2.76. The van der Waals surface area contributed by atoms with Crippen molar-refractivity contribution in [3.8, 4) is 0 Å². The molecule has 5 rings (SSSR count). The summed E-state index contributed by atoms with van der Waals surface area (Å²) in [6.07, 6.45) is 1.59. The Bertz CT molecular complexity index is 1040. The van der Waals surface area contributed by atoms with Crippen LogP contribution in [0.2, 0.25) is 0 Å². The highest BCUT2D eigenvalue weighted by Gasteiger charge is 2.60. The maximum absolute atomic E-state index is 14.3. The molecule has 150 valence electrons. The molecule has 2 amide bonds. The molecule has 2 aromatic carbocycles. The molecule has 1 saturated carbocycles. The summed E-state index contributed by atoms with van der Waals surface area (Å²) >= 11 is 1.31. The van der Waals surface area contributed by atoms with Crippen molar-refractivity contribution in [2.75, 3.05) is 17.2 Å². The summed E-state index contributed by atoms with van der Waals surface area (Å²) in [7, 11) is 0. The number of rotatable bonds is 3. The number of benzene rings is 2. The van der Waals surface area contributed by atoms with E-state index < -0.39 is 28.2 Å². The summed E-state index contributed by atoms with van der Waals surface area (Å²) in [5, 5.41) is 0. The molecule has 0 aromatic heterocycles. The predicted octanol–water partition coefficient (Wildman–Crippen LogP) is 3.79. The zero-order chi connectivity index (χ0) is 20.3. The van der Waals surface area contributed by atoms with Crippen LogP contribution in [-0.2, 0) is 21.0 Å². The van der Waals surface area contributed by atoms with Gasteiger partial charge in [0.25, 0.3) is 5.91 Å². The van der Waals surface area contributed by atoms with Gasteiger partial charge in [0.2, 0.25) is 5.91 Å². The smallest absolute Gasteiger partial charge is 0.268 e. The number of halogens is 3. The standard InChI is InChI=1S/C21H17F3N2O2S/c22-14-5-6-18-16(9-14)21(26(7-8-29-21)19(27)12-1-2-12)20(28)25(18)11-13-3-4-15(23)10-17(13)24/h3-6,9-10,12H,1-2,7-8,11H2. The molecular weight excluding hydrogens is 401 g/mol. The molecule has 2 aromatic rings. The van der Waals surface area contributed by atoms with Crippen LogP contribution in [0, 0.1) is 23.4 Å². The highest BCUT2D eigenvalue weighted by atomic mass is 32.2. The molecule has 0 N–H and O–H groups in total. The summed E-state index contributed by atoms with van der Waals surface area (Å²) in [5.41, 5.74) is 1.01. The Hall–Kier alpha value is -2.48. The first kappa shape index (κ1) is 18.5. The van der Waals surface area contributed by atoms with Crippen molar-refractivity contribution in [1.29, 1.82) is 0 Å². The number of nitrogens with zero attached hydrogens (tertiary/aromatic N) is 2. The minimum Gasteiger partial charge on any atom is -0.315 e. The number of thioether (sulfide) groups is 1. The van der Waals surface area contributed by atoms with Gasteiger partial charge in [0.1, 0.15) is 17.5 Å². The lowest BCUT2D eigenvalue weighted by Gasteiger charge is -2.33. The Morgan fingerprint density at radius 2 is 1.83 bits per heavy atom. The minimum atomic E-state index is -1.33. The van der Waals surface area contributed by atoms with E-state index in [0.717, 1.165) is 25.0 Å². The number of fused-ring (bicyclic) bond motifs is 2. The Balaban J connectivity index is 1.60. The first-order valence-corrected chi connectivity index (χ1v) is 10.4. The van der Waals surface area contributed by atoms with Crippen LogP contribution in [0.25, 0.3) is 0 Å². The van der Waals surface area contributed by atoms with Crippen molar-refractivity contribution >= 4 is 29.3 Å². The summed E-state index contributed by atoms with van der Waals surface area (Å²) in [4.78, 5) is 28.2. The van der Waals surface area contributed by atoms with Gasteiger partial charge in [0.05, 0.1) is 12.2 Å². The highest BCUT2D eigenvalue weighted by molar-refractivity contribution is 8.01. The summed E-state index contributed by atoms with van der Waals surface area (Å²) in [6.45, 7) is 0.276. The van der Waals surface area contributed by atoms with Crippen LogP contribution in [-0.4, -0.2) is 29.0 Å². The Morgan fingerprint density at radius 3 is 2.55 bits per heavy atom. The van der Waals surface area contributed by atoms with E-state index in [4.69, 9.17) is 0 Å². The van der Waals surface area contributed by atoms with Gasteiger partial charge in [-0.2, -0.15) is 0 Å². The van der Waals surface area contributed by atoms with Crippen LogP contribution in [0.5, 0.6) is 0 Å². The van der Waals surface area contributed by atoms with E-state index >= 15 is 0 Å². The molecular formula is C21H17F3N2O2S. The normalized spacial score (nSPS) is 23.2. The van der Waals surface area contributed by atoms with E-state index in [-0.39, 0.29) is 23.9 Å². The maximum Gasteiger partial charge on any atom is 0.268 e. The van der Waals surface area contributed by atoms with Crippen LogP contribution in [0.15, 0.2) is 36.4 Å². The maximum atomic E-state index is 14.3. The Labute approximate surface area is 169 Å². The van der Waals surface area contributed by atoms with Gasteiger partial charge in [-0.15, -0.1) is 11.8 Å². The van der Waals surface area contributed by atoms with Crippen LogP contribution in [0.1, 0.15) is 24.0 Å².